The molecule has 0 aromatic carbocycles. The van der Waals surface area contributed by atoms with E-state index >= 15 is 0 Å². The van der Waals surface area contributed by atoms with Gasteiger partial charge in [-0.05, 0) is 19.8 Å². The molecule has 7 nitrogen and oxygen atoms in total. The first-order chi connectivity index (χ1) is 10.5. The van der Waals surface area contributed by atoms with Gasteiger partial charge in [0.05, 0.1) is 6.54 Å². The summed E-state index contributed by atoms with van der Waals surface area (Å²) in [5, 5.41) is 12.0. The van der Waals surface area contributed by atoms with Gasteiger partial charge < -0.3 is 21.3 Å². The fourth-order valence-corrected chi connectivity index (χ4v) is 1.75. The predicted octanol–water partition coefficient (Wildman–Crippen LogP) is 0.458. The molecule has 1 fully saturated rings. The van der Waals surface area contributed by atoms with E-state index in [2.05, 4.69) is 26.3 Å². The molecule has 0 aromatic heterocycles. The van der Waals surface area contributed by atoms with E-state index in [1.165, 1.54) is 0 Å². The number of guanidine groups is 1. The van der Waals surface area contributed by atoms with Crippen LogP contribution in [0.3, 0.4) is 0 Å². The zero-order valence-electron chi connectivity index (χ0n) is 14.3. The first kappa shape index (κ1) is 21.9. The molecular formula is C15H30IN5O2. The van der Waals surface area contributed by atoms with E-state index in [4.69, 9.17) is 0 Å². The van der Waals surface area contributed by atoms with Crippen molar-refractivity contribution in [3.8, 4) is 0 Å². The lowest BCUT2D eigenvalue weighted by Crippen LogP contribution is -2.42. The van der Waals surface area contributed by atoms with E-state index in [0.717, 1.165) is 19.4 Å². The number of hydrogen-bond acceptors (Lipinski definition) is 3. The van der Waals surface area contributed by atoms with Gasteiger partial charge in [-0.15, -0.1) is 24.0 Å². The van der Waals surface area contributed by atoms with Crippen molar-refractivity contribution in [2.75, 3.05) is 32.7 Å². The Bertz CT molecular complexity index is 397. The smallest absolute Gasteiger partial charge is 0.223 e. The molecule has 0 atom stereocenters. The molecule has 1 aliphatic carbocycles. The molecule has 0 aromatic rings. The number of nitrogens with zero attached hydrogens (tertiary/aromatic N) is 1. The second kappa shape index (κ2) is 12.4. The van der Waals surface area contributed by atoms with Gasteiger partial charge in [0.25, 0.3) is 0 Å². The van der Waals surface area contributed by atoms with Crippen LogP contribution in [0.1, 0.15) is 33.6 Å². The summed E-state index contributed by atoms with van der Waals surface area (Å²) in [5.41, 5.74) is 0. The number of nitrogens with one attached hydrogen (secondary N) is 4. The summed E-state index contributed by atoms with van der Waals surface area (Å²) in [5.74, 6) is 1.12. The van der Waals surface area contributed by atoms with Crippen LogP contribution in [0, 0.1) is 11.8 Å². The van der Waals surface area contributed by atoms with Crippen molar-refractivity contribution >= 4 is 41.8 Å². The summed E-state index contributed by atoms with van der Waals surface area (Å²) in [7, 11) is 0. The molecule has 0 unspecified atom stereocenters. The van der Waals surface area contributed by atoms with Gasteiger partial charge in [-0.1, -0.05) is 13.8 Å². The van der Waals surface area contributed by atoms with Gasteiger partial charge in [-0.2, -0.15) is 0 Å². The lowest BCUT2D eigenvalue weighted by Gasteiger charge is -2.12. The van der Waals surface area contributed by atoms with Crippen molar-refractivity contribution in [1.82, 2.24) is 21.3 Å². The normalized spacial score (nSPS) is 14.0. The lowest BCUT2D eigenvalue weighted by atomic mass is 10.2. The van der Waals surface area contributed by atoms with Gasteiger partial charge >= 0.3 is 0 Å². The zero-order chi connectivity index (χ0) is 16.4. The van der Waals surface area contributed by atoms with Crippen molar-refractivity contribution in [2.24, 2.45) is 16.8 Å². The monoisotopic (exact) mass is 439 g/mol. The van der Waals surface area contributed by atoms with Gasteiger partial charge in [0.15, 0.2) is 5.96 Å². The third kappa shape index (κ3) is 10.4. The Labute approximate surface area is 155 Å². The number of aliphatic imine (C=N–C) groups is 1. The van der Waals surface area contributed by atoms with Crippen molar-refractivity contribution < 1.29 is 9.59 Å². The SMILES string of the molecule is CCNC(=NCCNC(=O)C1CC1)NCCNC(=O)C(C)C.I. The molecule has 2 amide bonds. The van der Waals surface area contributed by atoms with Crippen molar-refractivity contribution in [3.63, 3.8) is 0 Å². The highest BCUT2D eigenvalue weighted by Gasteiger charge is 2.28. The topological polar surface area (TPSA) is 94.6 Å². The van der Waals surface area contributed by atoms with Gasteiger partial charge in [0.1, 0.15) is 0 Å². The molecule has 0 spiro atoms. The zero-order valence-corrected chi connectivity index (χ0v) is 16.6. The minimum atomic E-state index is -0.00279. The third-order valence-electron chi connectivity index (χ3n) is 3.21. The highest BCUT2D eigenvalue weighted by atomic mass is 127. The van der Waals surface area contributed by atoms with Crippen LogP contribution in [0.4, 0.5) is 0 Å². The minimum absolute atomic E-state index is 0. The summed E-state index contributed by atoms with van der Waals surface area (Å²) in [4.78, 5) is 27.3. The van der Waals surface area contributed by atoms with Gasteiger partial charge in [-0.25, -0.2) is 0 Å². The van der Waals surface area contributed by atoms with E-state index in [1.54, 1.807) is 0 Å². The van der Waals surface area contributed by atoms with Crippen LogP contribution < -0.4 is 21.3 Å². The number of carbonyl (C=O) groups is 2. The van der Waals surface area contributed by atoms with Gasteiger partial charge in [0.2, 0.25) is 11.8 Å². The maximum atomic E-state index is 11.5. The molecular weight excluding hydrogens is 409 g/mol. The Morgan fingerprint density at radius 3 is 2.26 bits per heavy atom. The van der Waals surface area contributed by atoms with E-state index in [9.17, 15) is 9.59 Å². The average molecular weight is 439 g/mol. The third-order valence-corrected chi connectivity index (χ3v) is 3.21. The molecule has 0 bridgehead atoms. The molecule has 0 saturated heterocycles. The number of halogens is 1. The summed E-state index contributed by atoms with van der Waals surface area (Å²) in [6.45, 7) is 8.74. The first-order valence-corrected chi connectivity index (χ1v) is 8.12. The van der Waals surface area contributed by atoms with Crippen LogP contribution in [0.2, 0.25) is 0 Å². The van der Waals surface area contributed by atoms with E-state index in [1.807, 2.05) is 20.8 Å². The number of amides is 2. The van der Waals surface area contributed by atoms with E-state index in [-0.39, 0.29) is 47.6 Å². The largest absolute Gasteiger partial charge is 0.357 e. The Balaban J connectivity index is 0.00000484. The van der Waals surface area contributed by atoms with Crippen LogP contribution in [-0.2, 0) is 9.59 Å². The quantitative estimate of drug-likeness (QED) is 0.182. The van der Waals surface area contributed by atoms with Crippen LogP contribution in [0.15, 0.2) is 4.99 Å². The van der Waals surface area contributed by atoms with Crippen molar-refractivity contribution in [1.29, 1.82) is 0 Å². The second-order valence-corrected chi connectivity index (χ2v) is 5.70. The highest BCUT2D eigenvalue weighted by Crippen LogP contribution is 2.28. The Kier molecular flexibility index (Phi) is 11.8. The maximum absolute atomic E-state index is 11.5. The Hall–Kier alpha value is -1.06. The first-order valence-electron chi connectivity index (χ1n) is 8.12. The van der Waals surface area contributed by atoms with E-state index in [0.29, 0.717) is 32.1 Å². The van der Waals surface area contributed by atoms with Crippen molar-refractivity contribution in [3.05, 3.63) is 0 Å². The van der Waals surface area contributed by atoms with Crippen LogP contribution in [0.5, 0.6) is 0 Å². The standard InChI is InChI=1S/C15H29N5O2.HI/c1-4-16-15(19-9-7-17-13(21)11(2)3)20-10-8-18-14(22)12-5-6-12;/h11-12H,4-10H2,1-3H3,(H,17,21)(H,18,22)(H2,16,19,20);1H. The fourth-order valence-electron chi connectivity index (χ4n) is 1.75. The Morgan fingerprint density at radius 2 is 1.70 bits per heavy atom. The molecule has 1 rings (SSSR count). The van der Waals surface area contributed by atoms with Crippen molar-refractivity contribution in [2.45, 2.75) is 33.6 Å². The number of rotatable bonds is 9. The second-order valence-electron chi connectivity index (χ2n) is 5.70. The van der Waals surface area contributed by atoms with E-state index < -0.39 is 0 Å². The predicted molar refractivity (Wildman–Crippen MR) is 103 cm³/mol. The minimum Gasteiger partial charge on any atom is -0.357 e. The fraction of sp³-hybridized carbons (Fsp3) is 0.800. The summed E-state index contributed by atoms with van der Waals surface area (Å²) >= 11 is 0. The molecule has 134 valence electrons. The number of hydrogen-bond donors (Lipinski definition) is 4. The van der Waals surface area contributed by atoms with Gasteiger partial charge in [0, 0.05) is 38.0 Å². The summed E-state index contributed by atoms with van der Waals surface area (Å²) in [6.07, 6.45) is 2.03. The molecule has 0 radical (unpaired) electrons. The molecule has 0 heterocycles. The van der Waals surface area contributed by atoms with Gasteiger partial charge in [-0.3, -0.25) is 14.6 Å². The highest BCUT2D eigenvalue weighted by molar-refractivity contribution is 14.0. The average Bonchev–Trinajstić information content (AvgIpc) is 3.31. The summed E-state index contributed by atoms with van der Waals surface area (Å²) in [6, 6.07) is 0. The Morgan fingerprint density at radius 1 is 1.04 bits per heavy atom. The lowest BCUT2D eigenvalue weighted by molar-refractivity contribution is -0.124. The molecule has 23 heavy (non-hydrogen) atoms. The van der Waals surface area contributed by atoms with Crippen LogP contribution in [0.25, 0.3) is 0 Å². The van der Waals surface area contributed by atoms with Crippen LogP contribution >= 0.6 is 24.0 Å². The van der Waals surface area contributed by atoms with Crippen LogP contribution in [-0.4, -0.2) is 50.5 Å². The maximum Gasteiger partial charge on any atom is 0.223 e. The molecule has 4 N–H and O–H groups in total. The molecule has 8 heteroatoms. The molecule has 1 aliphatic rings. The molecule has 1 saturated carbocycles. The summed E-state index contributed by atoms with van der Waals surface area (Å²) < 4.78 is 0. The molecule has 0 aliphatic heterocycles. The number of carbonyl (C=O) groups excluding carboxylic acids is 2.